The van der Waals surface area contributed by atoms with Crippen molar-refractivity contribution < 1.29 is 32.3 Å². The maximum absolute atomic E-state index is 14.9. The molecule has 2 aliphatic rings. The summed E-state index contributed by atoms with van der Waals surface area (Å²) >= 11 is 0. The maximum Gasteiger partial charge on any atom is 0.490 e. The van der Waals surface area contributed by atoms with E-state index < -0.39 is 12.1 Å². The lowest BCUT2D eigenvalue weighted by molar-refractivity contribution is -0.192. The summed E-state index contributed by atoms with van der Waals surface area (Å²) in [5, 5.41) is 14.3. The van der Waals surface area contributed by atoms with Crippen molar-refractivity contribution >= 4 is 17.6 Å². The fourth-order valence-electron chi connectivity index (χ4n) is 5.72. The van der Waals surface area contributed by atoms with Crippen molar-refractivity contribution in [2.24, 2.45) is 5.92 Å². The van der Waals surface area contributed by atoms with Gasteiger partial charge < -0.3 is 19.9 Å². The number of aliphatic carboxylic acids is 1. The highest BCUT2D eigenvalue weighted by atomic mass is 19.4. The van der Waals surface area contributed by atoms with Crippen LogP contribution in [0, 0.1) is 11.7 Å². The Morgan fingerprint density at radius 2 is 1.74 bits per heavy atom. The molecule has 1 unspecified atom stereocenters. The summed E-state index contributed by atoms with van der Waals surface area (Å²) in [5.74, 6) is -2.53. The molecule has 6 rings (SSSR count). The number of hydrogen-bond acceptors (Lipinski definition) is 5. The molecule has 1 amide bonds. The van der Waals surface area contributed by atoms with Crippen LogP contribution in [0.3, 0.4) is 0 Å². The second-order valence-corrected chi connectivity index (χ2v) is 10.5. The molecule has 2 aromatic carbocycles. The summed E-state index contributed by atoms with van der Waals surface area (Å²) in [5.41, 5.74) is 6.21. The number of nitrogens with one attached hydrogen (secondary N) is 1. The number of carboxylic acids is 1. The molecule has 1 saturated heterocycles. The van der Waals surface area contributed by atoms with Crippen LogP contribution in [0.1, 0.15) is 31.4 Å². The number of carbonyl (C=O) groups is 2. The van der Waals surface area contributed by atoms with Gasteiger partial charge in [-0.25, -0.2) is 14.2 Å². The summed E-state index contributed by atoms with van der Waals surface area (Å²) in [6, 6.07) is 14.0. The molecule has 13 heteroatoms. The molecule has 2 N–H and O–H groups in total. The second-order valence-electron chi connectivity index (χ2n) is 10.5. The van der Waals surface area contributed by atoms with E-state index in [1.165, 1.54) is 12.6 Å². The second kappa shape index (κ2) is 12.3. The van der Waals surface area contributed by atoms with Crippen LogP contribution in [0.25, 0.3) is 22.4 Å². The third-order valence-corrected chi connectivity index (χ3v) is 7.73. The van der Waals surface area contributed by atoms with Crippen molar-refractivity contribution in [1.82, 2.24) is 24.6 Å². The largest absolute Gasteiger partial charge is 0.490 e. The van der Waals surface area contributed by atoms with Crippen molar-refractivity contribution in [3.8, 4) is 22.4 Å². The van der Waals surface area contributed by atoms with Crippen LogP contribution in [0.2, 0.25) is 0 Å². The smallest absolute Gasteiger partial charge is 0.475 e. The lowest BCUT2D eigenvalue weighted by Gasteiger charge is -2.37. The summed E-state index contributed by atoms with van der Waals surface area (Å²) < 4.78 is 50.6. The first kappa shape index (κ1) is 29.8. The van der Waals surface area contributed by atoms with E-state index in [0.717, 1.165) is 53.9 Å². The minimum Gasteiger partial charge on any atom is -0.475 e. The molecule has 0 saturated carbocycles. The molecule has 1 fully saturated rings. The minimum absolute atomic E-state index is 0.0189. The Kier molecular flexibility index (Phi) is 8.51. The van der Waals surface area contributed by atoms with Gasteiger partial charge in [-0.3, -0.25) is 9.48 Å². The number of aromatic nitrogens is 4. The van der Waals surface area contributed by atoms with E-state index in [0.29, 0.717) is 19.0 Å². The first-order valence-corrected chi connectivity index (χ1v) is 13.8. The van der Waals surface area contributed by atoms with Gasteiger partial charge in [-0.2, -0.15) is 18.3 Å². The van der Waals surface area contributed by atoms with Crippen molar-refractivity contribution in [3.05, 3.63) is 78.8 Å². The molecular weight excluding hydrogens is 568 g/mol. The predicted octanol–water partition coefficient (Wildman–Crippen LogP) is 5.14. The zero-order valence-electron chi connectivity index (χ0n) is 23.3. The van der Waals surface area contributed by atoms with Crippen molar-refractivity contribution in [3.63, 3.8) is 0 Å². The average Bonchev–Trinajstić information content (AvgIpc) is 3.70. The van der Waals surface area contributed by atoms with E-state index in [9.17, 15) is 22.4 Å². The molecule has 9 nitrogen and oxygen atoms in total. The molecule has 0 radical (unpaired) electrons. The van der Waals surface area contributed by atoms with Crippen LogP contribution in [0.5, 0.6) is 0 Å². The number of hydrogen-bond donors (Lipinski definition) is 2. The maximum atomic E-state index is 14.9. The Labute approximate surface area is 244 Å². The van der Waals surface area contributed by atoms with E-state index in [1.807, 2.05) is 35.7 Å². The van der Waals surface area contributed by atoms with Gasteiger partial charge in [-0.05, 0) is 42.5 Å². The van der Waals surface area contributed by atoms with E-state index in [-0.39, 0.29) is 17.8 Å². The number of rotatable bonds is 6. The number of benzene rings is 2. The Hall–Kier alpha value is -4.68. The standard InChI is InChI=1S/C28H29FN6O.C2HF3O2/c1-19(36)31-11-14-34-17-22(15-32-34)20-5-7-23(8-6-20)33-12-9-21(10-13-33)28-27-24(3-2-4-25(27)29)26-16-30-18-35(26)28;3-2(4,5)1(6)7/h2-8,15-18,21,28H,9-14H2,1H3,(H,31,36);(H,6,7). The Morgan fingerprint density at radius 1 is 1.05 bits per heavy atom. The number of imidazole rings is 1. The number of carbonyl (C=O) groups excluding carboxylic acids is 1. The quantitative estimate of drug-likeness (QED) is 0.298. The summed E-state index contributed by atoms with van der Waals surface area (Å²) in [6.07, 6.45) is 4.48. The molecular formula is C30H30F4N6O3. The number of carboxylic acid groups (broad SMARTS) is 1. The number of nitrogens with zero attached hydrogens (tertiary/aromatic N) is 5. The van der Waals surface area contributed by atoms with Crippen LogP contribution in [-0.4, -0.2) is 62.1 Å². The van der Waals surface area contributed by atoms with Gasteiger partial charge in [0.15, 0.2) is 0 Å². The topological polar surface area (TPSA) is 105 Å². The van der Waals surface area contributed by atoms with Gasteiger partial charge in [-0.15, -0.1) is 0 Å². The fourth-order valence-corrected chi connectivity index (χ4v) is 5.72. The number of fused-ring (bicyclic) bond motifs is 3. The monoisotopic (exact) mass is 598 g/mol. The lowest BCUT2D eigenvalue weighted by atomic mass is 9.85. The number of anilines is 1. The normalized spacial score (nSPS) is 16.2. The molecule has 4 aromatic rings. The number of piperidine rings is 1. The summed E-state index contributed by atoms with van der Waals surface area (Å²) in [6.45, 7) is 4.60. The highest BCUT2D eigenvalue weighted by molar-refractivity contribution is 5.73. The highest BCUT2D eigenvalue weighted by Gasteiger charge is 2.39. The van der Waals surface area contributed by atoms with Gasteiger partial charge in [0.05, 0.1) is 37.0 Å². The van der Waals surface area contributed by atoms with Crippen LogP contribution >= 0.6 is 0 Å². The number of halogens is 4. The van der Waals surface area contributed by atoms with E-state index in [1.54, 1.807) is 12.1 Å². The molecule has 0 aliphatic carbocycles. The molecule has 2 aromatic heterocycles. The van der Waals surface area contributed by atoms with Crippen molar-refractivity contribution in [2.45, 2.75) is 38.5 Å². The van der Waals surface area contributed by atoms with E-state index >= 15 is 0 Å². The van der Waals surface area contributed by atoms with Crippen LogP contribution in [-0.2, 0) is 16.1 Å². The van der Waals surface area contributed by atoms with Gasteiger partial charge in [0.25, 0.3) is 0 Å². The lowest BCUT2D eigenvalue weighted by Crippen LogP contribution is -2.36. The van der Waals surface area contributed by atoms with E-state index in [4.69, 9.17) is 9.90 Å². The van der Waals surface area contributed by atoms with E-state index in [2.05, 4.69) is 49.1 Å². The summed E-state index contributed by atoms with van der Waals surface area (Å²) in [4.78, 5) is 26.7. The molecule has 0 bridgehead atoms. The van der Waals surface area contributed by atoms with Gasteiger partial charge in [0.2, 0.25) is 5.91 Å². The molecule has 2 aliphatic heterocycles. The Balaban J connectivity index is 0.000000472. The first-order valence-electron chi connectivity index (χ1n) is 13.8. The van der Waals surface area contributed by atoms with Crippen LogP contribution in [0.15, 0.2) is 67.4 Å². The molecule has 4 heterocycles. The molecule has 0 spiro atoms. The minimum atomic E-state index is -5.08. The van der Waals surface area contributed by atoms with Crippen LogP contribution in [0.4, 0.5) is 23.2 Å². The number of amides is 1. The SMILES string of the molecule is CC(=O)NCCn1cc(-c2ccc(N3CCC(C4c5c(F)cccc5-c5cncn54)CC3)cc2)cn1.O=C(O)C(F)(F)F. The van der Waals surface area contributed by atoms with Gasteiger partial charge in [0, 0.05) is 55.1 Å². The molecule has 226 valence electrons. The average molecular weight is 599 g/mol. The van der Waals surface area contributed by atoms with Gasteiger partial charge >= 0.3 is 12.1 Å². The highest BCUT2D eigenvalue weighted by Crippen LogP contribution is 2.47. The van der Waals surface area contributed by atoms with Crippen molar-refractivity contribution in [2.75, 3.05) is 24.5 Å². The Morgan fingerprint density at radius 3 is 2.40 bits per heavy atom. The predicted molar refractivity (Wildman–Crippen MR) is 151 cm³/mol. The fraction of sp³-hybridized carbons (Fsp3) is 0.333. The third kappa shape index (κ3) is 6.55. The van der Waals surface area contributed by atoms with Crippen molar-refractivity contribution in [1.29, 1.82) is 0 Å². The molecule has 43 heavy (non-hydrogen) atoms. The third-order valence-electron chi connectivity index (χ3n) is 7.73. The first-order chi connectivity index (χ1) is 20.5. The van der Waals surface area contributed by atoms with Gasteiger partial charge in [-0.1, -0.05) is 24.3 Å². The summed E-state index contributed by atoms with van der Waals surface area (Å²) in [7, 11) is 0. The zero-order valence-corrected chi connectivity index (χ0v) is 23.3. The number of alkyl halides is 3. The zero-order chi connectivity index (χ0) is 30.7. The van der Waals surface area contributed by atoms with Gasteiger partial charge in [0.1, 0.15) is 5.82 Å². The Bertz CT molecular complexity index is 1590. The van der Waals surface area contributed by atoms with Crippen LogP contribution < -0.4 is 10.2 Å². The molecule has 1 atom stereocenters.